The molecule has 0 aliphatic carbocycles. The first-order valence-corrected chi connectivity index (χ1v) is 7.74. The molecule has 23 heavy (non-hydrogen) atoms. The van der Waals surface area contributed by atoms with Crippen molar-refractivity contribution in [2.24, 2.45) is 7.05 Å². The summed E-state index contributed by atoms with van der Waals surface area (Å²) in [6, 6.07) is 8.97. The maximum absolute atomic E-state index is 12.3. The molecule has 6 nitrogen and oxygen atoms in total. The van der Waals surface area contributed by atoms with Crippen LogP contribution in [0.5, 0.6) is 5.75 Å². The van der Waals surface area contributed by atoms with Gasteiger partial charge in [-0.2, -0.15) is 0 Å². The van der Waals surface area contributed by atoms with Crippen LogP contribution in [0.3, 0.4) is 0 Å². The number of aryl methyl sites for hydroxylation is 1. The maximum Gasteiger partial charge on any atom is 0.260 e. The van der Waals surface area contributed by atoms with Gasteiger partial charge in [0.15, 0.2) is 6.61 Å². The van der Waals surface area contributed by atoms with Crippen LogP contribution in [0, 0.1) is 0 Å². The molecule has 0 unspecified atom stereocenters. The van der Waals surface area contributed by atoms with Crippen LogP contribution in [0.4, 0.5) is 0 Å². The van der Waals surface area contributed by atoms with Crippen molar-refractivity contribution in [3.05, 3.63) is 40.7 Å². The van der Waals surface area contributed by atoms with Gasteiger partial charge in [0.2, 0.25) is 0 Å². The second-order valence-electron chi connectivity index (χ2n) is 5.90. The first-order valence-electron chi connectivity index (χ1n) is 7.74. The average Bonchev–Trinajstić information content (AvgIpc) is 2.57. The van der Waals surface area contributed by atoms with Crippen LogP contribution in [-0.2, 0) is 11.8 Å². The molecule has 2 heterocycles. The van der Waals surface area contributed by atoms with Gasteiger partial charge in [-0.05, 0) is 19.2 Å². The summed E-state index contributed by atoms with van der Waals surface area (Å²) < 4.78 is 7.25. The van der Waals surface area contributed by atoms with Crippen LogP contribution in [0.15, 0.2) is 35.1 Å². The summed E-state index contributed by atoms with van der Waals surface area (Å²) in [5.41, 5.74) is 0.646. The number of carbonyl (C=O) groups is 1. The Morgan fingerprint density at radius 1 is 1.13 bits per heavy atom. The molecule has 3 rings (SSSR count). The molecule has 0 bridgehead atoms. The maximum atomic E-state index is 12.3. The molecule has 0 N–H and O–H groups in total. The third-order valence-electron chi connectivity index (χ3n) is 4.32. The van der Waals surface area contributed by atoms with E-state index in [1.54, 1.807) is 11.6 Å². The lowest BCUT2D eigenvalue weighted by molar-refractivity contribution is -0.134. The van der Waals surface area contributed by atoms with Gasteiger partial charge in [-0.3, -0.25) is 9.59 Å². The van der Waals surface area contributed by atoms with E-state index in [0.717, 1.165) is 37.1 Å². The number of hydrogen-bond acceptors (Lipinski definition) is 4. The molecule has 122 valence electrons. The van der Waals surface area contributed by atoms with Crippen molar-refractivity contribution in [1.82, 2.24) is 14.4 Å². The number of benzene rings is 1. The summed E-state index contributed by atoms with van der Waals surface area (Å²) in [5.74, 6) is 0.425. The Balaban J connectivity index is 1.76. The summed E-state index contributed by atoms with van der Waals surface area (Å²) in [6.07, 6.45) is 0. The molecule has 1 aromatic heterocycles. The lowest BCUT2D eigenvalue weighted by Crippen LogP contribution is -2.48. The number of rotatable bonds is 3. The largest absolute Gasteiger partial charge is 0.483 e. The van der Waals surface area contributed by atoms with E-state index in [-0.39, 0.29) is 18.1 Å². The Kier molecular flexibility index (Phi) is 4.34. The van der Waals surface area contributed by atoms with Crippen LogP contribution >= 0.6 is 0 Å². The van der Waals surface area contributed by atoms with Crippen molar-refractivity contribution in [2.45, 2.75) is 0 Å². The molecule has 0 radical (unpaired) electrons. The molecule has 1 saturated heterocycles. The molecule has 2 aromatic rings. The van der Waals surface area contributed by atoms with Gasteiger partial charge >= 0.3 is 0 Å². The van der Waals surface area contributed by atoms with Gasteiger partial charge in [-0.25, -0.2) is 0 Å². The van der Waals surface area contributed by atoms with Crippen molar-refractivity contribution >= 4 is 16.8 Å². The van der Waals surface area contributed by atoms with Gasteiger partial charge in [-0.1, -0.05) is 12.1 Å². The SMILES string of the molecule is CN1CCN(C(=O)COc2cc(=O)n(C)c3ccccc23)CC1. The van der Waals surface area contributed by atoms with Crippen LogP contribution in [0.25, 0.3) is 10.9 Å². The molecule has 1 aliphatic rings. The summed E-state index contributed by atoms with van der Waals surface area (Å²) in [7, 11) is 3.77. The van der Waals surface area contributed by atoms with E-state index in [4.69, 9.17) is 4.74 Å². The van der Waals surface area contributed by atoms with E-state index in [2.05, 4.69) is 4.90 Å². The molecule has 0 atom stereocenters. The molecular formula is C17H21N3O3. The minimum atomic E-state index is -0.147. The fourth-order valence-electron chi connectivity index (χ4n) is 2.79. The summed E-state index contributed by atoms with van der Waals surface area (Å²) in [5, 5.41) is 0.834. The highest BCUT2D eigenvalue weighted by Gasteiger charge is 2.19. The molecule has 1 aromatic carbocycles. The molecule has 0 saturated carbocycles. The predicted molar refractivity (Wildman–Crippen MR) is 88.8 cm³/mol. The van der Waals surface area contributed by atoms with Gasteiger partial charge in [-0.15, -0.1) is 0 Å². The van der Waals surface area contributed by atoms with Crippen LogP contribution < -0.4 is 10.3 Å². The topological polar surface area (TPSA) is 54.8 Å². The number of fused-ring (bicyclic) bond motifs is 1. The number of pyridine rings is 1. The fraction of sp³-hybridized carbons (Fsp3) is 0.412. The van der Waals surface area contributed by atoms with E-state index in [0.29, 0.717) is 5.75 Å². The summed E-state index contributed by atoms with van der Waals surface area (Å²) in [6.45, 7) is 3.15. The Labute approximate surface area is 134 Å². The number of hydrogen-bond donors (Lipinski definition) is 0. The van der Waals surface area contributed by atoms with Gasteiger partial charge in [0.05, 0.1) is 5.52 Å². The number of aromatic nitrogens is 1. The second kappa shape index (κ2) is 6.42. The van der Waals surface area contributed by atoms with Crippen molar-refractivity contribution < 1.29 is 9.53 Å². The van der Waals surface area contributed by atoms with Crippen molar-refractivity contribution in [1.29, 1.82) is 0 Å². The second-order valence-corrected chi connectivity index (χ2v) is 5.90. The number of para-hydroxylation sites is 1. The van der Waals surface area contributed by atoms with Gasteiger partial charge in [0.1, 0.15) is 5.75 Å². The van der Waals surface area contributed by atoms with E-state index in [9.17, 15) is 9.59 Å². The van der Waals surface area contributed by atoms with E-state index in [1.165, 1.54) is 6.07 Å². The normalized spacial score (nSPS) is 15.8. The molecule has 1 aliphatic heterocycles. The first kappa shape index (κ1) is 15.6. The Bertz CT molecular complexity index is 776. The Morgan fingerprint density at radius 2 is 1.83 bits per heavy atom. The van der Waals surface area contributed by atoms with Crippen LogP contribution in [0.1, 0.15) is 0 Å². The number of nitrogens with zero attached hydrogens (tertiary/aromatic N) is 3. The van der Waals surface area contributed by atoms with Crippen molar-refractivity contribution in [3.63, 3.8) is 0 Å². The molecule has 1 amide bonds. The number of piperazine rings is 1. The molecule has 0 spiro atoms. The average molecular weight is 315 g/mol. The van der Waals surface area contributed by atoms with Gasteiger partial charge in [0, 0.05) is 44.7 Å². The lowest BCUT2D eigenvalue weighted by Gasteiger charge is -2.32. The molecular weight excluding hydrogens is 294 g/mol. The third-order valence-corrected chi connectivity index (χ3v) is 4.32. The quantitative estimate of drug-likeness (QED) is 0.836. The predicted octanol–water partition coefficient (Wildman–Crippen LogP) is 0.691. The van der Waals surface area contributed by atoms with E-state index in [1.807, 2.05) is 36.2 Å². The van der Waals surface area contributed by atoms with Gasteiger partial charge < -0.3 is 19.1 Å². The van der Waals surface area contributed by atoms with Crippen LogP contribution in [0.2, 0.25) is 0 Å². The fourth-order valence-corrected chi connectivity index (χ4v) is 2.79. The number of carbonyl (C=O) groups excluding carboxylic acids is 1. The number of likely N-dealkylation sites (N-methyl/N-ethyl adjacent to an activating group) is 1. The first-order chi connectivity index (χ1) is 11.1. The molecule has 1 fully saturated rings. The summed E-state index contributed by atoms with van der Waals surface area (Å²) in [4.78, 5) is 28.3. The van der Waals surface area contributed by atoms with Crippen molar-refractivity contribution in [2.75, 3.05) is 39.8 Å². The Hall–Kier alpha value is -2.34. The van der Waals surface area contributed by atoms with Crippen LogP contribution in [-0.4, -0.2) is 60.1 Å². The summed E-state index contributed by atoms with van der Waals surface area (Å²) >= 11 is 0. The number of ether oxygens (including phenoxy) is 1. The Morgan fingerprint density at radius 3 is 2.57 bits per heavy atom. The van der Waals surface area contributed by atoms with E-state index >= 15 is 0 Å². The minimum absolute atomic E-state index is 0.0390. The highest BCUT2D eigenvalue weighted by Crippen LogP contribution is 2.23. The smallest absolute Gasteiger partial charge is 0.260 e. The lowest BCUT2D eigenvalue weighted by atomic mass is 10.2. The third kappa shape index (κ3) is 3.22. The van der Waals surface area contributed by atoms with Crippen molar-refractivity contribution in [3.8, 4) is 5.75 Å². The zero-order valence-electron chi connectivity index (χ0n) is 13.5. The minimum Gasteiger partial charge on any atom is -0.483 e. The highest BCUT2D eigenvalue weighted by molar-refractivity contribution is 5.86. The zero-order valence-corrected chi connectivity index (χ0v) is 13.5. The standard InChI is InChI=1S/C17H21N3O3/c1-18-7-9-20(10-8-18)17(22)12-23-15-11-16(21)19(2)14-6-4-3-5-13(14)15/h3-6,11H,7-10,12H2,1-2H3. The van der Waals surface area contributed by atoms with Gasteiger partial charge in [0.25, 0.3) is 11.5 Å². The molecule has 6 heteroatoms. The number of amides is 1. The monoisotopic (exact) mass is 315 g/mol. The van der Waals surface area contributed by atoms with E-state index < -0.39 is 0 Å². The zero-order chi connectivity index (χ0) is 16.4. The highest BCUT2D eigenvalue weighted by atomic mass is 16.5.